The Labute approximate surface area is 66.2 Å². The van der Waals surface area contributed by atoms with E-state index in [0.717, 1.165) is 5.56 Å². The predicted octanol–water partition coefficient (Wildman–Crippen LogP) is 0.0625. The van der Waals surface area contributed by atoms with Crippen LogP contribution in [0.3, 0.4) is 0 Å². The molecular formula is C9H12NO+. The van der Waals surface area contributed by atoms with E-state index in [0.29, 0.717) is 6.54 Å². The SMILES string of the molecule is C[NH2+]CC(=O)c1ccccc1. The van der Waals surface area contributed by atoms with Crippen molar-refractivity contribution in [1.82, 2.24) is 0 Å². The molecule has 2 N–H and O–H groups in total. The first-order valence-corrected chi connectivity index (χ1v) is 3.70. The lowest BCUT2D eigenvalue weighted by Crippen LogP contribution is -2.81. The molecule has 0 aliphatic carbocycles. The van der Waals surface area contributed by atoms with Gasteiger partial charge in [0.05, 0.1) is 7.05 Å². The summed E-state index contributed by atoms with van der Waals surface area (Å²) in [5, 5.41) is 1.87. The van der Waals surface area contributed by atoms with Crippen LogP contribution in [0.5, 0.6) is 0 Å². The number of rotatable bonds is 3. The van der Waals surface area contributed by atoms with Gasteiger partial charge in [0, 0.05) is 5.56 Å². The highest BCUT2D eigenvalue weighted by Crippen LogP contribution is 1.97. The molecule has 1 rings (SSSR count). The minimum Gasteiger partial charge on any atom is -0.342 e. The Morgan fingerprint density at radius 1 is 1.36 bits per heavy atom. The molecule has 0 aromatic heterocycles. The third kappa shape index (κ3) is 2.16. The molecule has 0 saturated heterocycles. The van der Waals surface area contributed by atoms with Crippen molar-refractivity contribution in [3.05, 3.63) is 35.9 Å². The summed E-state index contributed by atoms with van der Waals surface area (Å²) in [5.41, 5.74) is 0.797. The summed E-state index contributed by atoms with van der Waals surface area (Å²) in [6.45, 7) is 0.532. The summed E-state index contributed by atoms with van der Waals surface area (Å²) >= 11 is 0. The first kappa shape index (κ1) is 7.95. The Kier molecular flexibility index (Phi) is 2.81. The Hall–Kier alpha value is -1.15. The third-order valence-corrected chi connectivity index (χ3v) is 1.49. The van der Waals surface area contributed by atoms with Gasteiger partial charge in [-0.2, -0.15) is 0 Å². The summed E-state index contributed by atoms with van der Waals surface area (Å²) < 4.78 is 0. The average Bonchev–Trinajstić information content (AvgIpc) is 2.07. The van der Waals surface area contributed by atoms with Gasteiger partial charge in [0.1, 0.15) is 6.54 Å². The van der Waals surface area contributed by atoms with Gasteiger partial charge in [-0.3, -0.25) is 4.79 Å². The maximum Gasteiger partial charge on any atom is 0.216 e. The molecule has 0 atom stereocenters. The molecule has 0 amide bonds. The molecule has 0 heterocycles. The van der Waals surface area contributed by atoms with Gasteiger partial charge in [0.25, 0.3) is 0 Å². The smallest absolute Gasteiger partial charge is 0.216 e. The van der Waals surface area contributed by atoms with Crippen molar-refractivity contribution in [2.24, 2.45) is 0 Å². The molecule has 2 heteroatoms. The Bertz CT molecular complexity index is 231. The van der Waals surface area contributed by atoms with Crippen LogP contribution in [0, 0.1) is 0 Å². The fraction of sp³-hybridized carbons (Fsp3) is 0.222. The minimum atomic E-state index is 0.188. The van der Waals surface area contributed by atoms with Crippen LogP contribution in [-0.2, 0) is 0 Å². The fourth-order valence-corrected chi connectivity index (χ4v) is 0.927. The highest BCUT2D eigenvalue weighted by Gasteiger charge is 2.03. The molecule has 1 aromatic rings. The molecule has 11 heavy (non-hydrogen) atoms. The number of ketones is 1. The largest absolute Gasteiger partial charge is 0.342 e. The maximum atomic E-state index is 11.2. The normalized spacial score (nSPS) is 9.55. The number of Topliss-reactive ketones (excluding diaryl/α,β-unsaturated/α-hetero) is 1. The molecule has 0 aliphatic rings. The van der Waals surface area contributed by atoms with Crippen LogP contribution >= 0.6 is 0 Å². The predicted molar refractivity (Wildman–Crippen MR) is 43.5 cm³/mol. The lowest BCUT2D eigenvalue weighted by molar-refractivity contribution is -0.614. The van der Waals surface area contributed by atoms with Gasteiger partial charge in [0.15, 0.2) is 0 Å². The second kappa shape index (κ2) is 3.88. The Morgan fingerprint density at radius 2 is 2.00 bits per heavy atom. The minimum absolute atomic E-state index is 0.188. The highest BCUT2D eigenvalue weighted by atomic mass is 16.1. The number of hydrogen-bond acceptors (Lipinski definition) is 1. The molecule has 0 radical (unpaired) electrons. The molecule has 0 bridgehead atoms. The Morgan fingerprint density at radius 3 is 2.55 bits per heavy atom. The number of carbonyl (C=O) groups is 1. The number of carbonyl (C=O) groups excluding carboxylic acids is 1. The standard InChI is InChI=1S/C9H11NO/c1-10-7-9(11)8-5-3-2-4-6-8/h2-6,10H,7H2,1H3/p+1. The van der Waals surface area contributed by atoms with Crippen LogP contribution in [0.15, 0.2) is 30.3 Å². The van der Waals surface area contributed by atoms with E-state index in [9.17, 15) is 4.79 Å². The van der Waals surface area contributed by atoms with Gasteiger partial charge in [-0.05, 0) is 0 Å². The Balaban J connectivity index is 2.69. The van der Waals surface area contributed by atoms with E-state index < -0.39 is 0 Å². The number of benzene rings is 1. The topological polar surface area (TPSA) is 33.7 Å². The zero-order valence-electron chi connectivity index (χ0n) is 6.58. The molecule has 58 valence electrons. The first-order chi connectivity index (χ1) is 5.34. The number of nitrogens with two attached hydrogens (primary N) is 1. The summed E-state index contributed by atoms with van der Waals surface area (Å²) in [4.78, 5) is 11.2. The van der Waals surface area contributed by atoms with Crippen LogP contribution in [0.1, 0.15) is 10.4 Å². The first-order valence-electron chi connectivity index (χ1n) is 3.70. The van der Waals surface area contributed by atoms with E-state index in [4.69, 9.17) is 0 Å². The number of likely N-dealkylation sites (N-methyl/N-ethyl adjacent to an activating group) is 1. The van der Waals surface area contributed by atoms with Gasteiger partial charge in [-0.15, -0.1) is 0 Å². The molecule has 0 spiro atoms. The van der Waals surface area contributed by atoms with E-state index in [1.165, 1.54) is 0 Å². The number of hydrogen-bond donors (Lipinski definition) is 1. The van der Waals surface area contributed by atoms with Gasteiger partial charge < -0.3 is 5.32 Å². The van der Waals surface area contributed by atoms with Crippen molar-refractivity contribution < 1.29 is 10.1 Å². The van der Waals surface area contributed by atoms with Crippen molar-refractivity contribution >= 4 is 5.78 Å². The molecule has 0 fully saturated rings. The van der Waals surface area contributed by atoms with Crippen LogP contribution in [0.25, 0.3) is 0 Å². The van der Waals surface area contributed by atoms with Crippen LogP contribution in [0.2, 0.25) is 0 Å². The summed E-state index contributed by atoms with van der Waals surface area (Å²) in [5.74, 6) is 0.188. The molecule has 0 aliphatic heterocycles. The highest BCUT2D eigenvalue weighted by molar-refractivity contribution is 5.96. The van der Waals surface area contributed by atoms with Gasteiger partial charge >= 0.3 is 0 Å². The molecule has 1 aromatic carbocycles. The summed E-state index contributed by atoms with van der Waals surface area (Å²) in [6.07, 6.45) is 0. The molecular weight excluding hydrogens is 138 g/mol. The van der Waals surface area contributed by atoms with E-state index in [1.807, 2.05) is 42.7 Å². The van der Waals surface area contributed by atoms with E-state index in [1.54, 1.807) is 0 Å². The second-order valence-electron chi connectivity index (χ2n) is 2.40. The monoisotopic (exact) mass is 150 g/mol. The molecule has 0 saturated carbocycles. The lowest BCUT2D eigenvalue weighted by atomic mass is 10.1. The molecule has 2 nitrogen and oxygen atoms in total. The zero-order valence-corrected chi connectivity index (χ0v) is 6.58. The quantitative estimate of drug-likeness (QED) is 0.607. The van der Waals surface area contributed by atoms with E-state index >= 15 is 0 Å². The van der Waals surface area contributed by atoms with Crippen LogP contribution in [0.4, 0.5) is 0 Å². The van der Waals surface area contributed by atoms with Crippen LogP contribution < -0.4 is 5.32 Å². The van der Waals surface area contributed by atoms with Crippen molar-refractivity contribution in [3.8, 4) is 0 Å². The van der Waals surface area contributed by atoms with Gasteiger partial charge in [-0.1, -0.05) is 30.3 Å². The molecule has 0 unspecified atom stereocenters. The van der Waals surface area contributed by atoms with Crippen molar-refractivity contribution in [3.63, 3.8) is 0 Å². The van der Waals surface area contributed by atoms with Crippen LogP contribution in [-0.4, -0.2) is 19.4 Å². The van der Waals surface area contributed by atoms with E-state index in [2.05, 4.69) is 0 Å². The maximum absolute atomic E-state index is 11.2. The second-order valence-corrected chi connectivity index (χ2v) is 2.40. The zero-order chi connectivity index (χ0) is 8.10. The average molecular weight is 150 g/mol. The van der Waals surface area contributed by atoms with Gasteiger partial charge in [0.2, 0.25) is 5.78 Å². The van der Waals surface area contributed by atoms with E-state index in [-0.39, 0.29) is 5.78 Å². The summed E-state index contributed by atoms with van der Waals surface area (Å²) in [7, 11) is 1.89. The van der Waals surface area contributed by atoms with Gasteiger partial charge in [-0.25, -0.2) is 0 Å². The fourth-order valence-electron chi connectivity index (χ4n) is 0.927. The summed E-state index contributed by atoms with van der Waals surface area (Å²) in [6, 6.07) is 9.34. The van der Waals surface area contributed by atoms with Crippen molar-refractivity contribution in [2.75, 3.05) is 13.6 Å². The lowest BCUT2D eigenvalue weighted by Gasteiger charge is -1.95. The number of quaternary nitrogens is 1. The van der Waals surface area contributed by atoms with Crippen molar-refractivity contribution in [2.45, 2.75) is 0 Å². The third-order valence-electron chi connectivity index (χ3n) is 1.49. The van der Waals surface area contributed by atoms with Crippen molar-refractivity contribution in [1.29, 1.82) is 0 Å².